The van der Waals surface area contributed by atoms with Gasteiger partial charge < -0.3 is 19.5 Å². The maximum atomic E-state index is 12.6. The number of hydrogen-bond donors (Lipinski definition) is 1. The fourth-order valence-electron chi connectivity index (χ4n) is 4.87. The van der Waals surface area contributed by atoms with Gasteiger partial charge in [-0.3, -0.25) is 0 Å². The summed E-state index contributed by atoms with van der Waals surface area (Å²) in [6.07, 6.45) is 2.74. The molecule has 2 heterocycles. The summed E-state index contributed by atoms with van der Waals surface area (Å²) >= 11 is 0. The van der Waals surface area contributed by atoms with Crippen LogP contribution in [-0.4, -0.2) is 40.3 Å². The number of amides is 2. The number of benzene rings is 2. The summed E-state index contributed by atoms with van der Waals surface area (Å²) in [5, 5.41) is 17.0. The van der Waals surface area contributed by atoms with Gasteiger partial charge in [-0.1, -0.05) is 30.3 Å². The second kappa shape index (κ2) is 9.41. The number of nitrogens with zero attached hydrogens (tertiary/aromatic N) is 4. The first-order valence-electron chi connectivity index (χ1n) is 12.2. The zero-order chi connectivity index (χ0) is 24.5. The van der Waals surface area contributed by atoms with Crippen molar-refractivity contribution in [3.8, 4) is 34.7 Å². The van der Waals surface area contributed by atoms with Gasteiger partial charge >= 0.3 is 6.03 Å². The molecule has 1 aliphatic carbocycles. The first kappa shape index (κ1) is 22.9. The second-order valence-electron chi connectivity index (χ2n) is 9.69. The molecule has 2 amide bonds. The first-order valence-corrected chi connectivity index (χ1v) is 12.2. The predicted molar refractivity (Wildman–Crippen MR) is 131 cm³/mol. The van der Waals surface area contributed by atoms with Gasteiger partial charge in [-0.05, 0) is 68.4 Å². The molecule has 8 nitrogen and oxygen atoms in total. The Morgan fingerprint density at radius 3 is 2.86 bits per heavy atom. The molecule has 1 atom stereocenters. The molecule has 8 heteroatoms. The van der Waals surface area contributed by atoms with E-state index in [9.17, 15) is 10.1 Å². The summed E-state index contributed by atoms with van der Waals surface area (Å²) in [7, 11) is 0. The highest BCUT2D eigenvalue weighted by molar-refractivity contribution is 5.76. The molecule has 0 radical (unpaired) electrons. The van der Waals surface area contributed by atoms with Crippen LogP contribution in [0.15, 0.2) is 40.9 Å². The monoisotopic (exact) mass is 471 g/mol. The third kappa shape index (κ3) is 4.59. The van der Waals surface area contributed by atoms with Crippen molar-refractivity contribution in [2.24, 2.45) is 5.92 Å². The van der Waals surface area contributed by atoms with Gasteiger partial charge in [0.1, 0.15) is 11.8 Å². The highest BCUT2D eigenvalue weighted by Crippen LogP contribution is 2.36. The Morgan fingerprint density at radius 1 is 1.29 bits per heavy atom. The number of ether oxygens (including phenoxy) is 1. The summed E-state index contributed by atoms with van der Waals surface area (Å²) in [5.41, 5.74) is 4.25. The number of carbonyl (C=O) groups is 1. The van der Waals surface area contributed by atoms with Crippen molar-refractivity contribution < 1.29 is 14.1 Å². The van der Waals surface area contributed by atoms with Gasteiger partial charge in [0.15, 0.2) is 0 Å². The van der Waals surface area contributed by atoms with Crippen LogP contribution in [0.2, 0.25) is 0 Å². The molecule has 0 saturated carbocycles. The van der Waals surface area contributed by atoms with Crippen molar-refractivity contribution in [1.82, 2.24) is 20.4 Å². The predicted octanol–water partition coefficient (Wildman–Crippen LogP) is 5.10. The molecule has 1 aromatic heterocycles. The highest BCUT2D eigenvalue weighted by atomic mass is 16.5. The minimum Gasteiger partial charge on any atom is -0.490 e. The minimum absolute atomic E-state index is 0.00592. The molecule has 1 aliphatic heterocycles. The summed E-state index contributed by atoms with van der Waals surface area (Å²) in [4.78, 5) is 19.2. The molecule has 0 spiro atoms. The van der Waals surface area contributed by atoms with E-state index in [2.05, 4.69) is 34.5 Å². The maximum absolute atomic E-state index is 12.6. The lowest BCUT2D eigenvalue weighted by Crippen LogP contribution is -2.53. The Labute approximate surface area is 204 Å². The van der Waals surface area contributed by atoms with Crippen LogP contribution in [-0.2, 0) is 6.42 Å². The first-order chi connectivity index (χ1) is 16.9. The lowest BCUT2D eigenvalue weighted by atomic mass is 9.84. The Hall–Kier alpha value is -3.86. The van der Waals surface area contributed by atoms with Gasteiger partial charge in [0.25, 0.3) is 5.89 Å². The smallest absolute Gasteiger partial charge is 0.317 e. The zero-order valence-electron chi connectivity index (χ0n) is 20.2. The van der Waals surface area contributed by atoms with Crippen molar-refractivity contribution in [2.45, 2.75) is 52.2 Å². The van der Waals surface area contributed by atoms with Crippen LogP contribution in [0.25, 0.3) is 22.8 Å². The molecular formula is C27H29N5O3. The largest absolute Gasteiger partial charge is 0.490 e. The third-order valence-electron chi connectivity index (χ3n) is 6.53. The summed E-state index contributed by atoms with van der Waals surface area (Å²) < 4.78 is 11.3. The quantitative estimate of drug-likeness (QED) is 0.555. The van der Waals surface area contributed by atoms with Crippen LogP contribution >= 0.6 is 0 Å². The van der Waals surface area contributed by atoms with Crippen molar-refractivity contribution in [3.63, 3.8) is 0 Å². The number of aromatic nitrogens is 2. The number of nitrogens with one attached hydrogen (secondary N) is 1. The van der Waals surface area contributed by atoms with Crippen LogP contribution < -0.4 is 10.1 Å². The molecule has 5 rings (SSSR count). The topological polar surface area (TPSA) is 104 Å². The van der Waals surface area contributed by atoms with E-state index in [1.165, 1.54) is 0 Å². The summed E-state index contributed by atoms with van der Waals surface area (Å²) in [5.74, 6) is 1.95. The number of carbonyl (C=O) groups excluding carboxylic acids is 1. The van der Waals surface area contributed by atoms with Gasteiger partial charge in [-0.2, -0.15) is 10.2 Å². The zero-order valence-corrected chi connectivity index (χ0v) is 20.2. The van der Waals surface area contributed by atoms with Crippen LogP contribution in [0.3, 0.4) is 0 Å². The van der Waals surface area contributed by atoms with E-state index in [4.69, 9.17) is 9.26 Å². The van der Waals surface area contributed by atoms with Crippen LogP contribution in [0.4, 0.5) is 4.79 Å². The normalized spacial score (nSPS) is 17.5. The molecule has 1 saturated heterocycles. The lowest BCUT2D eigenvalue weighted by Gasteiger charge is -2.38. The molecule has 1 N–H and O–H groups in total. The number of nitriles is 1. The number of hydrogen-bond acceptors (Lipinski definition) is 6. The van der Waals surface area contributed by atoms with Crippen LogP contribution in [0, 0.1) is 17.2 Å². The van der Waals surface area contributed by atoms with E-state index >= 15 is 0 Å². The number of fused-ring (bicyclic) bond motifs is 1. The van der Waals surface area contributed by atoms with Crippen molar-refractivity contribution in [2.75, 3.05) is 13.1 Å². The third-order valence-corrected chi connectivity index (χ3v) is 6.53. The number of rotatable bonds is 5. The molecule has 35 heavy (non-hydrogen) atoms. The minimum atomic E-state index is -0.0321. The van der Waals surface area contributed by atoms with Crippen molar-refractivity contribution >= 4 is 6.03 Å². The van der Waals surface area contributed by atoms with Gasteiger partial charge in [-0.15, -0.1) is 0 Å². The second-order valence-corrected chi connectivity index (χ2v) is 9.69. The van der Waals surface area contributed by atoms with Crippen molar-refractivity contribution in [3.05, 3.63) is 53.1 Å². The van der Waals surface area contributed by atoms with Gasteiger partial charge in [0.05, 0.1) is 17.7 Å². The standard InChI is InChI=1S/C27H29N5O3/c1-16(2)34-24-11-10-18(12-19(24)13-28)26-30-25(31-35-26)22-8-4-7-21-20(22)6-5-9-23(21)29-27(33)32-14-17(3)15-32/h4,7-8,10-12,16-17,23H,5-6,9,14-15H2,1-3H3,(H,29,33)/t23-/m0/s1. The molecule has 1 fully saturated rings. The Balaban J connectivity index is 1.40. The van der Waals surface area contributed by atoms with E-state index in [0.29, 0.717) is 34.5 Å². The molecule has 3 aromatic rings. The van der Waals surface area contributed by atoms with E-state index in [1.54, 1.807) is 12.1 Å². The summed E-state index contributed by atoms with van der Waals surface area (Å²) in [6, 6.07) is 13.5. The van der Waals surface area contributed by atoms with E-state index < -0.39 is 0 Å². The average Bonchev–Trinajstić information content (AvgIpc) is 3.32. The Kier molecular flexibility index (Phi) is 6.16. The fourth-order valence-corrected chi connectivity index (χ4v) is 4.87. The summed E-state index contributed by atoms with van der Waals surface area (Å²) in [6.45, 7) is 7.62. The molecule has 180 valence electrons. The van der Waals surface area contributed by atoms with E-state index in [0.717, 1.165) is 49.0 Å². The number of likely N-dealkylation sites (tertiary alicyclic amines) is 1. The lowest BCUT2D eigenvalue weighted by molar-refractivity contribution is 0.126. The number of urea groups is 1. The van der Waals surface area contributed by atoms with E-state index in [1.807, 2.05) is 36.9 Å². The average molecular weight is 472 g/mol. The fraction of sp³-hybridized carbons (Fsp3) is 0.407. The van der Waals surface area contributed by atoms with Crippen LogP contribution in [0.5, 0.6) is 5.75 Å². The van der Waals surface area contributed by atoms with Gasteiger partial charge in [0.2, 0.25) is 5.82 Å². The van der Waals surface area contributed by atoms with Crippen molar-refractivity contribution in [1.29, 1.82) is 5.26 Å². The van der Waals surface area contributed by atoms with Crippen LogP contribution in [0.1, 0.15) is 56.3 Å². The SMILES string of the molecule is CC1CN(C(=O)N[C@H]2CCCc3c(-c4noc(-c5ccc(OC(C)C)c(C#N)c5)n4)cccc32)C1. The maximum Gasteiger partial charge on any atom is 0.317 e. The highest BCUT2D eigenvalue weighted by Gasteiger charge is 2.31. The Morgan fingerprint density at radius 2 is 2.11 bits per heavy atom. The molecule has 2 aliphatic rings. The van der Waals surface area contributed by atoms with Gasteiger partial charge in [0, 0.05) is 24.2 Å². The van der Waals surface area contributed by atoms with E-state index in [-0.39, 0.29) is 18.2 Å². The molecule has 0 bridgehead atoms. The molecule has 2 aromatic carbocycles. The van der Waals surface area contributed by atoms with Gasteiger partial charge in [-0.25, -0.2) is 4.79 Å². The molecule has 0 unspecified atom stereocenters. The molecular weight excluding hydrogens is 442 g/mol. The Bertz CT molecular complexity index is 1290.